The lowest BCUT2D eigenvalue weighted by Crippen LogP contribution is -2.14. The smallest absolute Gasteiger partial charge is 0.263 e. The molecule has 1 aromatic heterocycles. The number of sulfonamides is 1. The van der Waals surface area contributed by atoms with Crippen LogP contribution < -0.4 is 10.5 Å². The zero-order valence-corrected chi connectivity index (χ0v) is 10.9. The van der Waals surface area contributed by atoms with Gasteiger partial charge in [-0.1, -0.05) is 0 Å². The van der Waals surface area contributed by atoms with Crippen molar-refractivity contribution in [1.29, 1.82) is 0 Å². The van der Waals surface area contributed by atoms with Crippen LogP contribution in [-0.4, -0.2) is 18.4 Å². The molecule has 6 nitrogen and oxygen atoms in total. The van der Waals surface area contributed by atoms with Gasteiger partial charge in [-0.05, 0) is 35.9 Å². The summed E-state index contributed by atoms with van der Waals surface area (Å²) in [5.74, 6) is -0.774. The number of aromatic nitrogens is 2. The highest BCUT2D eigenvalue weighted by atomic mass is 35.5. The van der Waals surface area contributed by atoms with Gasteiger partial charge in [0, 0.05) is 11.9 Å². The molecule has 0 spiro atoms. The van der Waals surface area contributed by atoms with Crippen LogP contribution in [0.25, 0.3) is 0 Å². The molecule has 9 heteroatoms. The summed E-state index contributed by atoms with van der Waals surface area (Å²) < 4.78 is 39.2. The van der Waals surface area contributed by atoms with Crippen LogP contribution in [0.1, 0.15) is 0 Å². The normalized spacial score (nSPS) is 11.3. The highest BCUT2D eigenvalue weighted by Crippen LogP contribution is 2.19. The first-order valence-electron chi connectivity index (χ1n) is 4.94. The predicted octanol–water partition coefficient (Wildman–Crippen LogP) is 1.65. The fourth-order valence-electron chi connectivity index (χ4n) is 1.33. The van der Waals surface area contributed by atoms with Crippen molar-refractivity contribution in [2.24, 2.45) is 0 Å². The quantitative estimate of drug-likeness (QED) is 0.663. The molecule has 0 aliphatic carbocycles. The lowest BCUT2D eigenvalue weighted by atomic mass is 10.3. The van der Waals surface area contributed by atoms with Gasteiger partial charge in [0.15, 0.2) is 0 Å². The van der Waals surface area contributed by atoms with Gasteiger partial charge < -0.3 is 5.73 Å². The number of nitrogen functional groups attached to an aromatic ring is 1. The molecule has 1 aromatic carbocycles. The Hall–Kier alpha value is -1.93. The highest BCUT2D eigenvalue weighted by molar-refractivity contribution is 7.92. The van der Waals surface area contributed by atoms with Crippen LogP contribution in [0.4, 0.5) is 15.9 Å². The first-order valence-corrected chi connectivity index (χ1v) is 6.80. The van der Waals surface area contributed by atoms with E-state index < -0.39 is 15.8 Å². The van der Waals surface area contributed by atoms with Gasteiger partial charge in [-0.25, -0.2) is 17.8 Å². The van der Waals surface area contributed by atoms with Crippen LogP contribution in [0.15, 0.2) is 35.4 Å². The molecule has 0 aliphatic rings. The summed E-state index contributed by atoms with van der Waals surface area (Å²) >= 11 is 5.53. The largest absolute Gasteiger partial charge is 0.399 e. The first-order chi connectivity index (χ1) is 8.87. The molecule has 19 heavy (non-hydrogen) atoms. The molecule has 3 N–H and O–H groups in total. The number of benzene rings is 1. The maximum Gasteiger partial charge on any atom is 0.263 e. The maximum absolute atomic E-state index is 13.1. The number of nitrogens with zero attached hydrogens (tertiary/aromatic N) is 2. The molecule has 2 rings (SSSR count). The summed E-state index contributed by atoms with van der Waals surface area (Å²) in [6, 6.07) is 4.31. The minimum absolute atomic E-state index is 0.00101. The Morgan fingerprint density at radius 2 is 2.05 bits per heavy atom. The molecule has 0 bridgehead atoms. The molecule has 100 valence electrons. The van der Waals surface area contributed by atoms with E-state index in [1.54, 1.807) is 0 Å². The molecule has 0 saturated heterocycles. The molecule has 0 atom stereocenters. The van der Waals surface area contributed by atoms with Crippen molar-refractivity contribution < 1.29 is 12.8 Å². The Morgan fingerprint density at radius 3 is 2.68 bits per heavy atom. The average Bonchev–Trinajstić information content (AvgIpc) is 2.26. The van der Waals surface area contributed by atoms with Crippen molar-refractivity contribution in [2.45, 2.75) is 4.90 Å². The second-order valence-corrected chi connectivity index (χ2v) is 5.56. The van der Waals surface area contributed by atoms with Crippen LogP contribution in [-0.2, 0) is 10.0 Å². The Kier molecular flexibility index (Phi) is 3.54. The number of hydrogen-bond acceptors (Lipinski definition) is 5. The van der Waals surface area contributed by atoms with Crippen LogP contribution in [0, 0.1) is 5.82 Å². The van der Waals surface area contributed by atoms with Gasteiger partial charge in [-0.2, -0.15) is 4.98 Å². The van der Waals surface area contributed by atoms with E-state index in [4.69, 9.17) is 17.3 Å². The van der Waals surface area contributed by atoms with Crippen LogP contribution >= 0.6 is 11.6 Å². The number of nitrogens with one attached hydrogen (secondary N) is 1. The summed E-state index contributed by atoms with van der Waals surface area (Å²) in [6.45, 7) is 0. The van der Waals surface area contributed by atoms with Gasteiger partial charge in [0.05, 0.1) is 4.90 Å². The molecule has 1 heterocycles. The lowest BCUT2D eigenvalue weighted by molar-refractivity contribution is 0.595. The Morgan fingerprint density at radius 1 is 1.32 bits per heavy atom. The van der Waals surface area contributed by atoms with Crippen molar-refractivity contribution in [1.82, 2.24) is 9.97 Å². The highest BCUT2D eigenvalue weighted by Gasteiger charge is 2.16. The predicted molar refractivity (Wildman–Crippen MR) is 68.7 cm³/mol. The van der Waals surface area contributed by atoms with Crippen molar-refractivity contribution in [3.8, 4) is 0 Å². The molecule has 0 radical (unpaired) electrons. The molecule has 0 unspecified atom stereocenters. The molecular weight excluding hydrogens is 295 g/mol. The maximum atomic E-state index is 13.1. The second-order valence-electron chi connectivity index (χ2n) is 3.54. The van der Waals surface area contributed by atoms with Gasteiger partial charge in [0.1, 0.15) is 11.6 Å². The zero-order valence-electron chi connectivity index (χ0n) is 9.34. The molecular formula is C10H8ClFN4O2S. The van der Waals surface area contributed by atoms with Crippen molar-refractivity contribution in [3.63, 3.8) is 0 Å². The number of hydrogen-bond donors (Lipinski definition) is 2. The topological polar surface area (TPSA) is 98.0 Å². The Labute approximate surface area is 113 Å². The Balaban J connectivity index is 2.37. The van der Waals surface area contributed by atoms with Gasteiger partial charge in [0.2, 0.25) is 5.28 Å². The fraction of sp³-hybridized carbons (Fsp3) is 0. The van der Waals surface area contributed by atoms with Gasteiger partial charge in [-0.15, -0.1) is 0 Å². The summed E-state index contributed by atoms with van der Waals surface area (Å²) in [4.78, 5) is 6.97. The number of rotatable bonds is 3. The number of anilines is 2. The van der Waals surface area contributed by atoms with Gasteiger partial charge in [0.25, 0.3) is 10.0 Å². The fourth-order valence-corrected chi connectivity index (χ4v) is 2.54. The average molecular weight is 303 g/mol. The number of nitrogens with two attached hydrogens (primary N) is 1. The summed E-state index contributed by atoms with van der Waals surface area (Å²) in [5.41, 5.74) is 5.40. The molecule has 0 saturated carbocycles. The second kappa shape index (κ2) is 4.98. The molecule has 0 amide bonds. The van der Waals surface area contributed by atoms with Crippen LogP contribution in [0.2, 0.25) is 5.28 Å². The van der Waals surface area contributed by atoms with E-state index in [-0.39, 0.29) is 21.7 Å². The monoisotopic (exact) mass is 302 g/mol. The minimum Gasteiger partial charge on any atom is -0.399 e. The van der Waals surface area contributed by atoms with Gasteiger partial charge in [-0.3, -0.25) is 4.72 Å². The van der Waals surface area contributed by atoms with Crippen LogP contribution in [0.5, 0.6) is 0 Å². The van der Waals surface area contributed by atoms with E-state index in [0.29, 0.717) is 0 Å². The molecule has 0 fully saturated rings. The standard InChI is InChI=1S/C10H8ClFN4O2S/c11-10-14-2-1-9(15-10)16-19(17,18)8-4-6(12)3-7(13)5-8/h1-5H,13H2,(H,14,15,16). The minimum atomic E-state index is -3.99. The van der Waals surface area contributed by atoms with E-state index in [1.165, 1.54) is 12.3 Å². The third-order valence-electron chi connectivity index (χ3n) is 2.07. The van der Waals surface area contributed by atoms with Gasteiger partial charge >= 0.3 is 0 Å². The molecule has 2 aromatic rings. The van der Waals surface area contributed by atoms with Crippen molar-refractivity contribution >= 4 is 33.1 Å². The Bertz CT molecular complexity index is 703. The van der Waals surface area contributed by atoms with E-state index in [1.807, 2.05) is 0 Å². The summed E-state index contributed by atoms with van der Waals surface area (Å²) in [5, 5.41) is -0.112. The SMILES string of the molecule is Nc1cc(F)cc(S(=O)(=O)Nc2ccnc(Cl)n2)c1. The van der Waals surface area contributed by atoms with Crippen molar-refractivity contribution in [3.05, 3.63) is 41.6 Å². The van der Waals surface area contributed by atoms with Crippen LogP contribution in [0.3, 0.4) is 0 Å². The zero-order chi connectivity index (χ0) is 14.0. The summed E-state index contributed by atoms with van der Waals surface area (Å²) in [7, 11) is -3.99. The van der Waals surface area contributed by atoms with Crippen molar-refractivity contribution in [2.75, 3.05) is 10.5 Å². The third kappa shape index (κ3) is 3.30. The van der Waals surface area contributed by atoms with E-state index in [2.05, 4.69) is 14.7 Å². The van der Waals surface area contributed by atoms with E-state index in [0.717, 1.165) is 18.2 Å². The number of halogens is 2. The lowest BCUT2D eigenvalue weighted by Gasteiger charge is -2.08. The van der Waals surface area contributed by atoms with E-state index >= 15 is 0 Å². The van der Waals surface area contributed by atoms with E-state index in [9.17, 15) is 12.8 Å². The summed E-state index contributed by atoms with van der Waals surface area (Å²) in [6.07, 6.45) is 1.28. The first kappa shape index (κ1) is 13.5. The third-order valence-corrected chi connectivity index (χ3v) is 3.59. The molecule has 0 aliphatic heterocycles.